The highest BCUT2D eigenvalue weighted by Gasteiger charge is 2.20. The molecule has 0 radical (unpaired) electrons. The smallest absolute Gasteiger partial charge is 0.268 e. The molecule has 2 rings (SSSR count). The Morgan fingerprint density at radius 2 is 1.59 bits per heavy atom. The lowest BCUT2D eigenvalue weighted by Crippen LogP contribution is -2.09. The van der Waals surface area contributed by atoms with Gasteiger partial charge in [0.25, 0.3) is 6.43 Å². The molecule has 1 aromatic rings. The fourth-order valence-electron chi connectivity index (χ4n) is 2.55. The molecule has 1 fully saturated rings. The average molecular weight is 240 g/mol. The van der Waals surface area contributed by atoms with E-state index in [-0.39, 0.29) is 0 Å². The fourth-order valence-corrected chi connectivity index (χ4v) is 2.55. The number of benzene rings is 1. The lowest BCUT2D eigenvalue weighted by atomic mass is 9.84. The zero-order valence-corrected chi connectivity index (χ0v) is 9.78. The largest absolute Gasteiger partial charge is 0.382 e. The summed E-state index contributed by atoms with van der Waals surface area (Å²) in [5, 5.41) is 9.25. The third-order valence-electron chi connectivity index (χ3n) is 3.59. The van der Waals surface area contributed by atoms with Crippen LogP contribution in [0.25, 0.3) is 0 Å². The Hall–Kier alpha value is -0.960. The summed E-state index contributed by atoms with van der Waals surface area (Å²) in [4.78, 5) is 0. The van der Waals surface area contributed by atoms with Gasteiger partial charge in [0.15, 0.2) is 0 Å². The van der Waals surface area contributed by atoms with E-state index in [1.54, 1.807) is 12.1 Å². The number of alkyl halides is 2. The van der Waals surface area contributed by atoms with Crippen molar-refractivity contribution in [3.63, 3.8) is 0 Å². The number of halogens is 2. The van der Waals surface area contributed by atoms with Gasteiger partial charge in [0.05, 0.1) is 0 Å². The van der Waals surface area contributed by atoms with E-state index in [1.807, 2.05) is 12.1 Å². The highest BCUT2D eigenvalue weighted by Crippen LogP contribution is 2.33. The molecule has 1 N–H and O–H groups in total. The highest BCUT2D eigenvalue weighted by atomic mass is 19.3. The fraction of sp³-hybridized carbons (Fsp3) is 0.571. The molecule has 1 saturated carbocycles. The van der Waals surface area contributed by atoms with Crippen molar-refractivity contribution in [2.24, 2.45) is 0 Å². The van der Waals surface area contributed by atoms with Crippen LogP contribution in [0.15, 0.2) is 24.3 Å². The SMILES string of the molecule is OC(c1ccc(C2CCCCC2)cc1)C(F)F. The average Bonchev–Trinajstić information content (AvgIpc) is 2.39. The zero-order chi connectivity index (χ0) is 12.3. The molecule has 1 nitrogen and oxygen atoms in total. The van der Waals surface area contributed by atoms with Gasteiger partial charge in [0, 0.05) is 0 Å². The van der Waals surface area contributed by atoms with E-state index in [0.29, 0.717) is 11.5 Å². The van der Waals surface area contributed by atoms with Crippen molar-refractivity contribution in [2.45, 2.75) is 50.6 Å². The van der Waals surface area contributed by atoms with Gasteiger partial charge in [-0.3, -0.25) is 0 Å². The zero-order valence-electron chi connectivity index (χ0n) is 9.78. The maximum absolute atomic E-state index is 12.3. The van der Waals surface area contributed by atoms with Crippen molar-refractivity contribution in [2.75, 3.05) is 0 Å². The number of rotatable bonds is 3. The number of hydrogen-bond acceptors (Lipinski definition) is 1. The minimum Gasteiger partial charge on any atom is -0.382 e. The second kappa shape index (κ2) is 5.58. The molecular weight excluding hydrogens is 222 g/mol. The summed E-state index contributed by atoms with van der Waals surface area (Å²) in [5.74, 6) is 0.571. The monoisotopic (exact) mass is 240 g/mol. The van der Waals surface area contributed by atoms with E-state index in [9.17, 15) is 13.9 Å². The van der Waals surface area contributed by atoms with Gasteiger partial charge in [-0.15, -0.1) is 0 Å². The van der Waals surface area contributed by atoms with Gasteiger partial charge < -0.3 is 5.11 Å². The molecule has 0 amide bonds. The molecule has 0 heterocycles. The van der Waals surface area contributed by atoms with Crippen LogP contribution in [0.5, 0.6) is 0 Å². The predicted octanol–water partition coefficient (Wildman–Crippen LogP) is 4.03. The number of hydrogen-bond donors (Lipinski definition) is 1. The topological polar surface area (TPSA) is 20.2 Å². The van der Waals surface area contributed by atoms with Crippen molar-refractivity contribution in [3.8, 4) is 0 Å². The number of aliphatic hydroxyl groups is 1. The van der Waals surface area contributed by atoms with Crippen LogP contribution in [0.4, 0.5) is 8.78 Å². The Balaban J connectivity index is 2.06. The van der Waals surface area contributed by atoms with Crippen molar-refractivity contribution < 1.29 is 13.9 Å². The molecule has 3 heteroatoms. The minimum atomic E-state index is -2.71. The summed E-state index contributed by atoms with van der Waals surface area (Å²) in [6.07, 6.45) is 1.83. The van der Waals surface area contributed by atoms with Crippen molar-refractivity contribution in [1.82, 2.24) is 0 Å². The van der Waals surface area contributed by atoms with Crippen LogP contribution in [-0.4, -0.2) is 11.5 Å². The first-order valence-corrected chi connectivity index (χ1v) is 6.24. The summed E-state index contributed by atoms with van der Waals surface area (Å²) in [6.45, 7) is 0. The lowest BCUT2D eigenvalue weighted by molar-refractivity contribution is -0.00579. The minimum absolute atomic E-state index is 0.305. The standard InChI is InChI=1S/C14H18F2O/c15-14(16)13(17)12-8-6-11(7-9-12)10-4-2-1-3-5-10/h6-10,13-14,17H,1-5H2. The Kier molecular flexibility index (Phi) is 4.11. The first kappa shape index (κ1) is 12.5. The maximum Gasteiger partial charge on any atom is 0.268 e. The quantitative estimate of drug-likeness (QED) is 0.845. The second-order valence-corrected chi connectivity index (χ2v) is 4.78. The summed E-state index contributed by atoms with van der Waals surface area (Å²) < 4.78 is 24.6. The molecule has 1 aliphatic rings. The van der Waals surface area contributed by atoms with Gasteiger partial charge in [0.1, 0.15) is 6.10 Å². The Morgan fingerprint density at radius 3 is 2.12 bits per heavy atom. The normalized spacial score (nSPS) is 19.5. The molecule has 0 aliphatic heterocycles. The van der Waals surface area contributed by atoms with Crippen LogP contribution in [0, 0.1) is 0 Å². The van der Waals surface area contributed by atoms with Crippen LogP contribution in [0.3, 0.4) is 0 Å². The first-order chi connectivity index (χ1) is 8.18. The van der Waals surface area contributed by atoms with Crippen LogP contribution < -0.4 is 0 Å². The first-order valence-electron chi connectivity index (χ1n) is 6.24. The second-order valence-electron chi connectivity index (χ2n) is 4.78. The van der Waals surface area contributed by atoms with Crippen molar-refractivity contribution in [1.29, 1.82) is 0 Å². The molecule has 94 valence electrons. The summed E-state index contributed by atoms with van der Waals surface area (Å²) in [7, 11) is 0. The van der Waals surface area contributed by atoms with Crippen molar-refractivity contribution in [3.05, 3.63) is 35.4 Å². The van der Waals surface area contributed by atoms with E-state index in [4.69, 9.17) is 0 Å². The Labute approximate surface area is 100 Å². The number of aliphatic hydroxyl groups excluding tert-OH is 1. The summed E-state index contributed by atoms with van der Waals surface area (Å²) >= 11 is 0. The van der Waals surface area contributed by atoms with Gasteiger partial charge in [-0.1, -0.05) is 43.5 Å². The summed E-state index contributed by atoms with van der Waals surface area (Å²) in [5.41, 5.74) is 1.52. The molecule has 0 aromatic heterocycles. The van der Waals surface area contributed by atoms with Crippen LogP contribution in [0.2, 0.25) is 0 Å². The van der Waals surface area contributed by atoms with Gasteiger partial charge in [0.2, 0.25) is 0 Å². The summed E-state index contributed by atoms with van der Waals surface area (Å²) in [6, 6.07) is 7.02. The molecule has 1 aliphatic carbocycles. The van der Waals surface area contributed by atoms with E-state index >= 15 is 0 Å². The predicted molar refractivity (Wildman–Crippen MR) is 63.2 cm³/mol. The molecule has 1 atom stereocenters. The molecule has 0 spiro atoms. The molecular formula is C14H18F2O. The Bertz CT molecular complexity index is 342. The third kappa shape index (κ3) is 3.03. The third-order valence-corrected chi connectivity index (χ3v) is 3.59. The Morgan fingerprint density at radius 1 is 1.00 bits per heavy atom. The van der Waals surface area contributed by atoms with Crippen LogP contribution >= 0.6 is 0 Å². The molecule has 0 bridgehead atoms. The van der Waals surface area contributed by atoms with E-state index in [2.05, 4.69) is 0 Å². The van der Waals surface area contributed by atoms with Gasteiger partial charge in [-0.25, -0.2) is 8.78 Å². The van der Waals surface area contributed by atoms with Gasteiger partial charge in [-0.2, -0.15) is 0 Å². The molecule has 0 saturated heterocycles. The molecule has 1 unspecified atom stereocenters. The van der Waals surface area contributed by atoms with E-state index in [1.165, 1.54) is 37.7 Å². The van der Waals surface area contributed by atoms with E-state index < -0.39 is 12.5 Å². The van der Waals surface area contributed by atoms with Gasteiger partial charge >= 0.3 is 0 Å². The van der Waals surface area contributed by atoms with Crippen molar-refractivity contribution >= 4 is 0 Å². The van der Waals surface area contributed by atoms with E-state index in [0.717, 1.165) is 0 Å². The highest BCUT2D eigenvalue weighted by molar-refractivity contribution is 5.27. The lowest BCUT2D eigenvalue weighted by Gasteiger charge is -2.22. The van der Waals surface area contributed by atoms with Crippen LogP contribution in [0.1, 0.15) is 55.3 Å². The van der Waals surface area contributed by atoms with Gasteiger partial charge in [-0.05, 0) is 29.9 Å². The maximum atomic E-state index is 12.3. The molecule has 17 heavy (non-hydrogen) atoms. The molecule has 1 aromatic carbocycles. The van der Waals surface area contributed by atoms with Crippen LogP contribution in [-0.2, 0) is 0 Å².